The number of aliphatic hydroxyl groups excluding tert-OH is 2. The maximum Gasteiger partial charge on any atom is 0.259 e. The van der Waals surface area contributed by atoms with Crippen molar-refractivity contribution >= 4 is 0 Å². The zero-order valence-corrected chi connectivity index (χ0v) is 20.4. The quantitative estimate of drug-likeness (QED) is 0.464. The van der Waals surface area contributed by atoms with Gasteiger partial charge in [-0.2, -0.15) is 4.98 Å². The van der Waals surface area contributed by atoms with E-state index >= 15 is 0 Å². The molecule has 2 aromatic heterocycles. The molecule has 3 aromatic rings. The lowest BCUT2D eigenvalue weighted by molar-refractivity contribution is 0.0532. The number of aryl methyl sites for hydroxylation is 2. The third-order valence-corrected chi connectivity index (χ3v) is 5.31. The number of benzene rings is 1. The van der Waals surface area contributed by atoms with E-state index in [1.165, 1.54) is 5.56 Å². The van der Waals surface area contributed by atoms with E-state index in [2.05, 4.69) is 43.9 Å². The molecule has 0 aliphatic heterocycles. The molecule has 7 nitrogen and oxygen atoms in total. The smallest absolute Gasteiger partial charge is 0.259 e. The number of rotatable bonds is 10. The normalized spacial score (nSPS) is 12.5. The molecule has 1 atom stereocenters. The van der Waals surface area contributed by atoms with E-state index < -0.39 is 6.10 Å². The van der Waals surface area contributed by atoms with Crippen LogP contribution < -0.4 is 4.74 Å². The van der Waals surface area contributed by atoms with Crippen LogP contribution in [0, 0.1) is 25.7 Å². The largest absolute Gasteiger partial charge is 0.490 e. The Balaban J connectivity index is 1.87. The zero-order valence-electron chi connectivity index (χ0n) is 20.4. The lowest BCUT2D eigenvalue weighted by Crippen LogP contribution is -2.21. The van der Waals surface area contributed by atoms with Gasteiger partial charge < -0.3 is 19.5 Å². The summed E-state index contributed by atoms with van der Waals surface area (Å²) in [5, 5.41) is 22.7. The minimum atomic E-state index is -0.913. The van der Waals surface area contributed by atoms with Crippen molar-refractivity contribution in [2.75, 3.05) is 13.2 Å². The van der Waals surface area contributed by atoms with Crippen molar-refractivity contribution < 1.29 is 19.5 Å². The van der Waals surface area contributed by atoms with Crippen LogP contribution >= 0.6 is 0 Å². The molecule has 0 radical (unpaired) electrons. The molecule has 0 bridgehead atoms. The van der Waals surface area contributed by atoms with Gasteiger partial charge in [0.05, 0.1) is 12.2 Å². The van der Waals surface area contributed by atoms with Crippen LogP contribution in [0.2, 0.25) is 0 Å². The fraction of sp³-hybridized carbons (Fsp3) is 0.500. The topological polar surface area (TPSA) is 102 Å². The Morgan fingerprint density at radius 3 is 2.24 bits per heavy atom. The van der Waals surface area contributed by atoms with Gasteiger partial charge in [-0.05, 0) is 73.4 Å². The van der Waals surface area contributed by atoms with Gasteiger partial charge >= 0.3 is 0 Å². The lowest BCUT2D eigenvalue weighted by atomic mass is 9.96. The second kappa shape index (κ2) is 10.9. The molecule has 0 saturated heterocycles. The highest BCUT2D eigenvalue weighted by atomic mass is 16.5. The molecule has 0 fully saturated rings. The number of ether oxygens (including phenoxy) is 1. The molecule has 0 aliphatic rings. The standard InChI is InChI=1S/C26H35N3O4/c1-15(2)7-19-11-21(12-27-23(19)8-16(3)4)26-28-25(29-33-26)20-9-17(5)24(18(6)10-20)32-14-22(31)13-30/h9-12,15-16,22,30-31H,7-8,13-14H2,1-6H3. The second-order valence-electron chi connectivity index (χ2n) is 9.54. The molecular weight excluding hydrogens is 418 g/mol. The van der Waals surface area contributed by atoms with E-state index in [1.807, 2.05) is 32.2 Å². The second-order valence-corrected chi connectivity index (χ2v) is 9.54. The molecular formula is C26H35N3O4. The van der Waals surface area contributed by atoms with E-state index in [1.54, 1.807) is 0 Å². The highest BCUT2D eigenvalue weighted by Crippen LogP contribution is 2.31. The van der Waals surface area contributed by atoms with Crippen molar-refractivity contribution in [1.82, 2.24) is 15.1 Å². The molecule has 33 heavy (non-hydrogen) atoms. The van der Waals surface area contributed by atoms with Gasteiger partial charge in [0.1, 0.15) is 18.5 Å². The van der Waals surface area contributed by atoms with E-state index in [9.17, 15) is 5.11 Å². The van der Waals surface area contributed by atoms with Crippen molar-refractivity contribution in [2.24, 2.45) is 11.8 Å². The molecule has 0 saturated carbocycles. The number of aliphatic hydroxyl groups is 2. The van der Waals surface area contributed by atoms with Crippen LogP contribution in [0.5, 0.6) is 5.75 Å². The van der Waals surface area contributed by atoms with Gasteiger partial charge in [-0.1, -0.05) is 32.9 Å². The molecule has 178 valence electrons. The highest BCUT2D eigenvalue weighted by molar-refractivity contribution is 5.63. The van der Waals surface area contributed by atoms with Crippen molar-refractivity contribution in [3.63, 3.8) is 0 Å². The molecule has 3 rings (SSSR count). The molecule has 0 amide bonds. The molecule has 1 aromatic carbocycles. The minimum absolute atomic E-state index is 0.0302. The van der Waals surface area contributed by atoms with Gasteiger partial charge in [-0.15, -0.1) is 0 Å². The summed E-state index contributed by atoms with van der Waals surface area (Å²) < 4.78 is 11.3. The summed E-state index contributed by atoms with van der Waals surface area (Å²) >= 11 is 0. The van der Waals surface area contributed by atoms with Gasteiger partial charge in [0.2, 0.25) is 5.82 Å². The van der Waals surface area contributed by atoms with Gasteiger partial charge in [-0.25, -0.2) is 0 Å². The zero-order chi connectivity index (χ0) is 24.1. The summed E-state index contributed by atoms with van der Waals surface area (Å²) in [6.45, 7) is 12.4. The Morgan fingerprint density at radius 1 is 0.970 bits per heavy atom. The average molecular weight is 454 g/mol. The van der Waals surface area contributed by atoms with Crippen molar-refractivity contribution in [2.45, 2.75) is 60.5 Å². The van der Waals surface area contributed by atoms with Crippen molar-refractivity contribution in [3.05, 3.63) is 46.8 Å². The highest BCUT2D eigenvalue weighted by Gasteiger charge is 2.17. The van der Waals surface area contributed by atoms with Gasteiger partial charge in [0.15, 0.2) is 0 Å². The summed E-state index contributed by atoms with van der Waals surface area (Å²) in [6, 6.07) is 5.98. The van der Waals surface area contributed by atoms with E-state index in [0.717, 1.165) is 40.8 Å². The van der Waals surface area contributed by atoms with Gasteiger partial charge in [0, 0.05) is 17.5 Å². The van der Waals surface area contributed by atoms with E-state index in [-0.39, 0.29) is 13.2 Å². The fourth-order valence-corrected chi connectivity index (χ4v) is 3.84. The number of pyridine rings is 1. The lowest BCUT2D eigenvalue weighted by Gasteiger charge is -2.15. The first kappa shape index (κ1) is 24.9. The summed E-state index contributed by atoms with van der Waals surface area (Å²) in [7, 11) is 0. The van der Waals surface area contributed by atoms with Gasteiger partial charge in [0.25, 0.3) is 5.89 Å². The molecule has 1 unspecified atom stereocenters. The first-order chi connectivity index (χ1) is 15.7. The van der Waals surface area contributed by atoms with Gasteiger partial charge in [-0.3, -0.25) is 4.98 Å². The van der Waals surface area contributed by atoms with Crippen LogP contribution in [0.25, 0.3) is 22.8 Å². The fourth-order valence-electron chi connectivity index (χ4n) is 3.84. The first-order valence-corrected chi connectivity index (χ1v) is 11.5. The Bertz CT molecular complexity index is 1050. The monoisotopic (exact) mass is 453 g/mol. The summed E-state index contributed by atoms with van der Waals surface area (Å²) in [4.78, 5) is 9.36. The average Bonchev–Trinajstić information content (AvgIpc) is 3.23. The van der Waals surface area contributed by atoms with Crippen LogP contribution in [-0.2, 0) is 12.8 Å². The third-order valence-electron chi connectivity index (χ3n) is 5.31. The molecule has 0 aliphatic carbocycles. The van der Waals surface area contributed by atoms with Crippen LogP contribution in [0.15, 0.2) is 28.9 Å². The maximum absolute atomic E-state index is 9.56. The Labute approximate surface area is 195 Å². The van der Waals surface area contributed by atoms with Crippen LogP contribution in [0.3, 0.4) is 0 Å². The first-order valence-electron chi connectivity index (χ1n) is 11.5. The third kappa shape index (κ3) is 6.39. The minimum Gasteiger partial charge on any atom is -0.490 e. The number of nitrogens with zero attached hydrogens (tertiary/aromatic N) is 3. The number of aromatic nitrogens is 3. The summed E-state index contributed by atoms with van der Waals surface area (Å²) in [5.74, 6) is 2.68. The number of hydrogen-bond acceptors (Lipinski definition) is 7. The summed E-state index contributed by atoms with van der Waals surface area (Å²) in [6.07, 6.45) is 2.80. The van der Waals surface area contributed by atoms with Crippen molar-refractivity contribution in [1.29, 1.82) is 0 Å². The predicted molar refractivity (Wildman–Crippen MR) is 128 cm³/mol. The van der Waals surface area contributed by atoms with E-state index in [0.29, 0.717) is 29.3 Å². The molecule has 2 heterocycles. The Morgan fingerprint density at radius 2 is 1.64 bits per heavy atom. The molecule has 2 N–H and O–H groups in total. The number of hydrogen-bond donors (Lipinski definition) is 2. The Kier molecular flexibility index (Phi) is 8.21. The Hall–Kier alpha value is -2.77. The SMILES string of the molecule is Cc1cc(-c2noc(-c3cnc(CC(C)C)c(CC(C)C)c3)n2)cc(C)c1OCC(O)CO. The maximum atomic E-state index is 9.56. The summed E-state index contributed by atoms with van der Waals surface area (Å²) in [5.41, 5.74) is 5.79. The van der Waals surface area contributed by atoms with Crippen LogP contribution in [0.1, 0.15) is 50.1 Å². The predicted octanol–water partition coefficient (Wildman–Crippen LogP) is 4.54. The van der Waals surface area contributed by atoms with E-state index in [4.69, 9.17) is 19.4 Å². The van der Waals surface area contributed by atoms with Crippen LogP contribution in [-0.4, -0.2) is 44.7 Å². The van der Waals surface area contributed by atoms with Crippen LogP contribution in [0.4, 0.5) is 0 Å². The van der Waals surface area contributed by atoms with Crippen molar-refractivity contribution in [3.8, 4) is 28.6 Å². The molecule has 7 heteroatoms. The molecule has 0 spiro atoms.